The molecule has 0 saturated carbocycles. The lowest BCUT2D eigenvalue weighted by atomic mass is 9.86. The van der Waals surface area contributed by atoms with Crippen LogP contribution in [0.2, 0.25) is 0 Å². The molecule has 30 heavy (non-hydrogen) atoms. The zero-order valence-electron chi connectivity index (χ0n) is 16.9. The molecule has 1 aliphatic heterocycles. The van der Waals surface area contributed by atoms with Crippen molar-refractivity contribution in [2.75, 3.05) is 11.9 Å². The van der Waals surface area contributed by atoms with E-state index in [1.54, 1.807) is 4.57 Å². The molecule has 1 atom stereocenters. The van der Waals surface area contributed by atoms with E-state index in [0.717, 1.165) is 11.1 Å². The Morgan fingerprint density at radius 2 is 1.87 bits per heavy atom. The molecular formula is C23H23N3O3S. The normalized spacial score (nSPS) is 15.4. The Balaban J connectivity index is 1.74. The number of carbonyl (C=O) groups excluding carboxylic acids is 1. The number of aromatic nitrogens is 2. The molecule has 2 aromatic carbocycles. The minimum absolute atomic E-state index is 0.126. The zero-order valence-corrected chi connectivity index (χ0v) is 17.7. The van der Waals surface area contributed by atoms with E-state index in [1.165, 1.54) is 11.8 Å². The second-order valence-corrected chi connectivity index (χ2v) is 8.01. The van der Waals surface area contributed by atoms with Gasteiger partial charge < -0.3 is 14.6 Å². The molecule has 2 heterocycles. The molecule has 0 aliphatic carbocycles. The Labute approximate surface area is 179 Å². The van der Waals surface area contributed by atoms with Gasteiger partial charge in [0.15, 0.2) is 5.16 Å². The van der Waals surface area contributed by atoms with E-state index in [-0.39, 0.29) is 17.9 Å². The van der Waals surface area contributed by atoms with Gasteiger partial charge in [-0.2, -0.15) is 4.98 Å². The number of thioether (sulfide) groups is 1. The number of hydrogen-bond acceptors (Lipinski definition) is 5. The van der Waals surface area contributed by atoms with Gasteiger partial charge in [0.25, 0.3) is 5.56 Å². The molecule has 1 N–H and O–H groups in total. The first-order chi connectivity index (χ1) is 14.6. The van der Waals surface area contributed by atoms with Gasteiger partial charge >= 0.3 is 0 Å². The lowest BCUT2D eigenvalue weighted by Gasteiger charge is -2.28. The SMILES string of the molecule is CCOc1ccccc1C1CC(=O)Nc2c1c(=O)nc(SCc1ccccc1)n2C. The van der Waals surface area contributed by atoms with Gasteiger partial charge in [-0.3, -0.25) is 9.59 Å². The second-order valence-electron chi connectivity index (χ2n) is 7.07. The predicted octanol–water partition coefficient (Wildman–Crippen LogP) is 3.95. The number of para-hydroxylation sites is 1. The predicted molar refractivity (Wildman–Crippen MR) is 118 cm³/mol. The maximum absolute atomic E-state index is 13.1. The number of benzene rings is 2. The second kappa shape index (κ2) is 8.75. The summed E-state index contributed by atoms with van der Waals surface area (Å²) in [5.74, 6) is 1.37. The largest absolute Gasteiger partial charge is 0.494 e. The Bertz CT molecular complexity index is 1130. The molecule has 7 heteroatoms. The van der Waals surface area contributed by atoms with Crippen molar-refractivity contribution in [3.05, 3.63) is 81.6 Å². The van der Waals surface area contributed by atoms with Gasteiger partial charge in [-0.25, -0.2) is 0 Å². The van der Waals surface area contributed by atoms with Crippen LogP contribution in [0.4, 0.5) is 5.82 Å². The van der Waals surface area contributed by atoms with Crippen LogP contribution < -0.4 is 15.6 Å². The third kappa shape index (κ3) is 3.98. The Hall–Kier alpha value is -3.06. The highest BCUT2D eigenvalue weighted by Gasteiger charge is 2.33. The zero-order chi connectivity index (χ0) is 21.1. The van der Waals surface area contributed by atoms with Crippen LogP contribution >= 0.6 is 11.8 Å². The van der Waals surface area contributed by atoms with Gasteiger partial charge in [0.2, 0.25) is 5.91 Å². The van der Waals surface area contributed by atoms with E-state index >= 15 is 0 Å². The maximum atomic E-state index is 13.1. The fraction of sp³-hybridized carbons (Fsp3) is 0.261. The number of nitrogens with one attached hydrogen (secondary N) is 1. The van der Waals surface area contributed by atoms with Crippen molar-refractivity contribution in [2.45, 2.75) is 30.2 Å². The molecule has 0 bridgehead atoms. The van der Waals surface area contributed by atoms with Gasteiger partial charge in [0.1, 0.15) is 11.6 Å². The summed E-state index contributed by atoms with van der Waals surface area (Å²) in [4.78, 5) is 30.0. The summed E-state index contributed by atoms with van der Waals surface area (Å²) in [6.45, 7) is 2.42. The molecule has 1 aromatic heterocycles. The van der Waals surface area contributed by atoms with Gasteiger partial charge in [0, 0.05) is 30.7 Å². The molecule has 0 radical (unpaired) electrons. The smallest absolute Gasteiger partial charge is 0.279 e. The molecule has 0 saturated heterocycles. The Morgan fingerprint density at radius 3 is 2.63 bits per heavy atom. The average molecular weight is 422 g/mol. The van der Waals surface area contributed by atoms with Crippen molar-refractivity contribution < 1.29 is 9.53 Å². The minimum atomic E-state index is -0.393. The maximum Gasteiger partial charge on any atom is 0.279 e. The van der Waals surface area contributed by atoms with Crippen LogP contribution in [0.1, 0.15) is 36.0 Å². The van der Waals surface area contributed by atoms with Gasteiger partial charge in [-0.15, -0.1) is 0 Å². The Kier molecular flexibility index (Phi) is 5.90. The molecule has 0 fully saturated rings. The van der Waals surface area contributed by atoms with E-state index in [9.17, 15) is 9.59 Å². The lowest BCUT2D eigenvalue weighted by molar-refractivity contribution is -0.116. The van der Waals surface area contributed by atoms with Crippen LogP contribution in [0.3, 0.4) is 0 Å². The summed E-state index contributed by atoms with van der Waals surface area (Å²) in [5, 5.41) is 3.46. The molecule has 154 valence electrons. The molecule has 1 amide bonds. The van der Waals surface area contributed by atoms with E-state index in [1.807, 2.05) is 68.6 Å². The van der Waals surface area contributed by atoms with Crippen molar-refractivity contribution in [3.63, 3.8) is 0 Å². The van der Waals surface area contributed by atoms with Crippen LogP contribution in [-0.4, -0.2) is 22.1 Å². The van der Waals surface area contributed by atoms with Crippen LogP contribution in [0.25, 0.3) is 0 Å². The van der Waals surface area contributed by atoms with E-state index in [4.69, 9.17) is 4.74 Å². The van der Waals surface area contributed by atoms with Crippen LogP contribution in [0, 0.1) is 0 Å². The first-order valence-corrected chi connectivity index (χ1v) is 10.9. The third-order valence-corrected chi connectivity index (χ3v) is 6.21. The van der Waals surface area contributed by atoms with E-state index < -0.39 is 5.92 Å². The van der Waals surface area contributed by atoms with E-state index in [2.05, 4.69) is 10.3 Å². The number of anilines is 1. The summed E-state index contributed by atoms with van der Waals surface area (Å²) >= 11 is 1.47. The standard InChI is InChI=1S/C23H23N3O3S/c1-3-29-18-12-8-7-11-16(18)17-13-19(27)24-21-20(17)22(28)25-23(26(21)2)30-14-15-9-5-4-6-10-15/h4-12,17H,3,13-14H2,1-2H3,(H,24,27). The summed E-state index contributed by atoms with van der Waals surface area (Å²) < 4.78 is 7.56. The van der Waals surface area contributed by atoms with Crippen molar-refractivity contribution in [1.82, 2.24) is 9.55 Å². The summed E-state index contributed by atoms with van der Waals surface area (Å²) in [5.41, 5.74) is 2.17. The Morgan fingerprint density at radius 1 is 1.13 bits per heavy atom. The summed E-state index contributed by atoms with van der Waals surface area (Å²) in [6.07, 6.45) is 0.185. The summed E-state index contributed by atoms with van der Waals surface area (Å²) in [6, 6.07) is 17.6. The average Bonchev–Trinajstić information content (AvgIpc) is 2.76. The number of rotatable bonds is 6. The molecule has 1 unspecified atom stereocenters. The highest BCUT2D eigenvalue weighted by atomic mass is 32.2. The quantitative estimate of drug-likeness (QED) is 0.482. The number of nitrogens with zero attached hydrogens (tertiary/aromatic N) is 2. The number of hydrogen-bond donors (Lipinski definition) is 1. The molecule has 3 aromatic rings. The van der Waals surface area contributed by atoms with Crippen molar-refractivity contribution in [1.29, 1.82) is 0 Å². The highest BCUT2D eigenvalue weighted by Crippen LogP contribution is 2.39. The number of fused-ring (bicyclic) bond motifs is 1. The third-order valence-electron chi connectivity index (χ3n) is 5.11. The highest BCUT2D eigenvalue weighted by molar-refractivity contribution is 7.98. The molecule has 1 aliphatic rings. The molecular weight excluding hydrogens is 398 g/mol. The fourth-order valence-electron chi connectivity index (χ4n) is 3.71. The van der Waals surface area contributed by atoms with Crippen molar-refractivity contribution in [3.8, 4) is 5.75 Å². The molecule has 6 nitrogen and oxygen atoms in total. The monoisotopic (exact) mass is 421 g/mol. The number of carbonyl (C=O) groups is 1. The summed E-state index contributed by atoms with van der Waals surface area (Å²) in [7, 11) is 1.83. The van der Waals surface area contributed by atoms with E-state index in [0.29, 0.717) is 34.6 Å². The van der Waals surface area contributed by atoms with Crippen molar-refractivity contribution >= 4 is 23.5 Å². The topological polar surface area (TPSA) is 73.2 Å². The van der Waals surface area contributed by atoms with Gasteiger partial charge in [-0.1, -0.05) is 60.3 Å². The molecule has 4 rings (SSSR count). The lowest BCUT2D eigenvalue weighted by Crippen LogP contribution is -2.33. The minimum Gasteiger partial charge on any atom is -0.494 e. The number of amides is 1. The first-order valence-electron chi connectivity index (χ1n) is 9.87. The first kappa shape index (κ1) is 20.2. The van der Waals surface area contributed by atoms with Gasteiger partial charge in [0.05, 0.1) is 12.2 Å². The fourth-order valence-corrected chi connectivity index (χ4v) is 4.63. The van der Waals surface area contributed by atoms with Crippen molar-refractivity contribution in [2.24, 2.45) is 7.05 Å². The van der Waals surface area contributed by atoms with Crippen LogP contribution in [0.5, 0.6) is 5.75 Å². The molecule has 0 spiro atoms. The van der Waals surface area contributed by atoms with Crippen LogP contribution in [0.15, 0.2) is 64.5 Å². The van der Waals surface area contributed by atoms with Gasteiger partial charge in [-0.05, 0) is 18.6 Å². The number of ether oxygens (including phenoxy) is 1. The van der Waals surface area contributed by atoms with Crippen LogP contribution in [-0.2, 0) is 17.6 Å².